The molecule has 0 radical (unpaired) electrons. The van der Waals surface area contributed by atoms with E-state index in [-0.39, 0.29) is 5.76 Å². The van der Waals surface area contributed by atoms with Crippen LogP contribution >= 0.6 is 27.5 Å². The summed E-state index contributed by atoms with van der Waals surface area (Å²) < 4.78 is 23.0. The average Bonchev–Trinajstić information content (AvgIpc) is 3.29. The number of fused-ring (bicyclic) bond motifs is 1. The van der Waals surface area contributed by atoms with Gasteiger partial charge in [0, 0.05) is 10.4 Å². The number of hydrazone groups is 1. The van der Waals surface area contributed by atoms with Gasteiger partial charge in [-0.1, -0.05) is 35.9 Å². The number of methoxy groups -OCH3 is 2. The largest absolute Gasteiger partial charge is 0.493 e. The van der Waals surface area contributed by atoms with E-state index in [4.69, 9.17) is 30.2 Å². The number of benzene rings is 3. The number of hydrogen-bond donors (Lipinski definition) is 1. The Morgan fingerprint density at radius 3 is 2.59 bits per heavy atom. The van der Waals surface area contributed by atoms with Gasteiger partial charge in [0.05, 0.1) is 24.9 Å². The van der Waals surface area contributed by atoms with Gasteiger partial charge in [0.25, 0.3) is 0 Å². The van der Waals surface area contributed by atoms with E-state index in [9.17, 15) is 4.79 Å². The van der Waals surface area contributed by atoms with E-state index in [1.165, 1.54) is 6.21 Å². The highest BCUT2D eigenvalue weighted by Crippen LogP contribution is 2.37. The Bertz CT molecular complexity index is 1350. The first-order valence-electron chi connectivity index (χ1n) is 10.1. The fraction of sp³-hybridized carbons (Fsp3) is 0.120. The van der Waals surface area contributed by atoms with E-state index >= 15 is 0 Å². The minimum atomic E-state index is -0.483. The number of nitrogens with zero attached hydrogens (tertiary/aromatic N) is 1. The van der Waals surface area contributed by atoms with Crippen molar-refractivity contribution in [3.8, 4) is 17.2 Å². The summed E-state index contributed by atoms with van der Waals surface area (Å²) in [5, 5.41) is 5.46. The molecule has 0 bridgehead atoms. The highest BCUT2D eigenvalue weighted by atomic mass is 79.9. The van der Waals surface area contributed by atoms with E-state index in [0.29, 0.717) is 44.5 Å². The molecule has 0 saturated heterocycles. The van der Waals surface area contributed by atoms with E-state index in [1.54, 1.807) is 38.5 Å². The molecule has 174 valence electrons. The second-order valence-electron chi connectivity index (χ2n) is 7.14. The summed E-state index contributed by atoms with van der Waals surface area (Å²) in [6, 6.07) is 18.0. The van der Waals surface area contributed by atoms with Crippen LogP contribution in [0.2, 0.25) is 5.02 Å². The number of carbonyl (C=O) groups excluding carboxylic acids is 1. The molecule has 7 nitrogen and oxygen atoms in total. The lowest BCUT2D eigenvalue weighted by Gasteiger charge is -2.13. The van der Waals surface area contributed by atoms with Crippen LogP contribution in [0.4, 0.5) is 0 Å². The first-order valence-corrected chi connectivity index (χ1v) is 11.3. The summed E-state index contributed by atoms with van der Waals surface area (Å²) in [7, 11) is 3.09. The number of furan rings is 1. The Kier molecular flexibility index (Phi) is 7.40. The Labute approximate surface area is 209 Å². The van der Waals surface area contributed by atoms with Crippen LogP contribution in [0.3, 0.4) is 0 Å². The molecular weight excluding hydrogens is 524 g/mol. The fourth-order valence-corrected chi connectivity index (χ4v) is 3.92. The third kappa shape index (κ3) is 5.35. The smallest absolute Gasteiger partial charge is 0.307 e. The van der Waals surface area contributed by atoms with Crippen LogP contribution in [-0.2, 0) is 6.61 Å². The van der Waals surface area contributed by atoms with Gasteiger partial charge in [-0.25, -0.2) is 5.43 Å². The number of para-hydroxylation sites is 1. The van der Waals surface area contributed by atoms with Gasteiger partial charge in [0.2, 0.25) is 0 Å². The van der Waals surface area contributed by atoms with Crippen LogP contribution < -0.4 is 19.6 Å². The summed E-state index contributed by atoms with van der Waals surface area (Å²) in [6.45, 7) is 0.345. The predicted octanol–water partition coefficient (Wildman–Crippen LogP) is 6.21. The maximum absolute atomic E-state index is 12.5. The number of rotatable bonds is 8. The summed E-state index contributed by atoms with van der Waals surface area (Å²) >= 11 is 9.44. The third-order valence-corrected chi connectivity index (χ3v) is 5.72. The van der Waals surface area contributed by atoms with Gasteiger partial charge in [0.1, 0.15) is 6.61 Å². The number of halogens is 2. The van der Waals surface area contributed by atoms with Crippen LogP contribution in [0.15, 0.2) is 74.7 Å². The number of nitrogens with one attached hydrogen (secondary N) is 1. The average molecular weight is 544 g/mol. The molecule has 0 atom stereocenters. The van der Waals surface area contributed by atoms with Crippen molar-refractivity contribution in [2.75, 3.05) is 14.2 Å². The summed E-state index contributed by atoms with van der Waals surface area (Å²) in [5.74, 6) is 1.26. The van der Waals surface area contributed by atoms with Gasteiger partial charge in [-0.2, -0.15) is 5.10 Å². The van der Waals surface area contributed by atoms with Crippen molar-refractivity contribution in [2.24, 2.45) is 5.10 Å². The molecule has 1 heterocycles. The quantitative estimate of drug-likeness (QED) is 0.211. The molecule has 4 aromatic rings. The molecule has 1 amide bonds. The Balaban J connectivity index is 1.45. The monoisotopic (exact) mass is 542 g/mol. The Hall–Kier alpha value is -3.49. The minimum Gasteiger partial charge on any atom is -0.493 e. The van der Waals surface area contributed by atoms with Crippen molar-refractivity contribution in [1.29, 1.82) is 0 Å². The third-order valence-electron chi connectivity index (χ3n) is 4.88. The topological polar surface area (TPSA) is 82.3 Å². The molecule has 0 spiro atoms. The molecule has 4 rings (SSSR count). The van der Waals surface area contributed by atoms with Gasteiger partial charge < -0.3 is 18.6 Å². The molecule has 1 aromatic heterocycles. The van der Waals surface area contributed by atoms with Gasteiger partial charge >= 0.3 is 5.91 Å². The van der Waals surface area contributed by atoms with Gasteiger partial charge in [-0.15, -0.1) is 0 Å². The van der Waals surface area contributed by atoms with Crippen LogP contribution in [0.5, 0.6) is 17.2 Å². The lowest BCUT2D eigenvalue weighted by Crippen LogP contribution is -2.16. The molecule has 34 heavy (non-hydrogen) atoms. The number of amides is 1. The standard InChI is InChI=1S/C25H20BrClN2O5/c1-31-20-5-3-4-17-12-22(34-23(17)20)25(30)29-28-13-16-10-19(26)24(21(11-16)32-2)33-14-15-6-8-18(27)9-7-15/h3-13H,14H2,1-2H3,(H,29,30)/b28-13-. The van der Waals surface area contributed by atoms with Crippen molar-refractivity contribution < 1.29 is 23.4 Å². The van der Waals surface area contributed by atoms with E-state index in [1.807, 2.05) is 36.4 Å². The molecule has 0 aliphatic heterocycles. The van der Waals surface area contributed by atoms with Crippen molar-refractivity contribution in [2.45, 2.75) is 6.61 Å². The highest BCUT2D eigenvalue weighted by molar-refractivity contribution is 9.10. The number of carbonyl (C=O) groups is 1. The second-order valence-corrected chi connectivity index (χ2v) is 8.43. The molecule has 3 aromatic carbocycles. The lowest BCUT2D eigenvalue weighted by atomic mass is 10.2. The van der Waals surface area contributed by atoms with Crippen molar-refractivity contribution >= 4 is 50.6 Å². The molecule has 0 fully saturated rings. The molecule has 9 heteroatoms. The fourth-order valence-electron chi connectivity index (χ4n) is 3.22. The molecule has 0 aliphatic carbocycles. The van der Waals surface area contributed by atoms with Crippen LogP contribution in [-0.4, -0.2) is 26.3 Å². The SMILES string of the molecule is COc1cc(/C=N\NC(=O)c2cc3cccc(OC)c3o2)cc(Br)c1OCc1ccc(Cl)cc1. The number of hydrogen-bond acceptors (Lipinski definition) is 6. The van der Waals surface area contributed by atoms with E-state index < -0.39 is 5.91 Å². The zero-order chi connectivity index (χ0) is 24.1. The zero-order valence-electron chi connectivity index (χ0n) is 18.3. The first kappa shape index (κ1) is 23.7. The van der Waals surface area contributed by atoms with Crippen LogP contribution in [0.1, 0.15) is 21.7 Å². The van der Waals surface area contributed by atoms with Crippen LogP contribution in [0.25, 0.3) is 11.0 Å². The van der Waals surface area contributed by atoms with Crippen molar-refractivity contribution in [1.82, 2.24) is 5.43 Å². The van der Waals surface area contributed by atoms with Crippen molar-refractivity contribution in [3.05, 3.63) is 87.0 Å². The van der Waals surface area contributed by atoms with Gasteiger partial charge in [-0.3, -0.25) is 4.79 Å². The maximum Gasteiger partial charge on any atom is 0.307 e. The molecule has 0 aliphatic rings. The van der Waals surface area contributed by atoms with E-state index in [2.05, 4.69) is 26.5 Å². The zero-order valence-corrected chi connectivity index (χ0v) is 20.6. The molecule has 0 unspecified atom stereocenters. The normalized spacial score (nSPS) is 11.1. The highest BCUT2D eigenvalue weighted by Gasteiger charge is 2.15. The summed E-state index contributed by atoms with van der Waals surface area (Å²) in [6.07, 6.45) is 1.50. The van der Waals surface area contributed by atoms with E-state index in [0.717, 1.165) is 10.9 Å². The predicted molar refractivity (Wildman–Crippen MR) is 134 cm³/mol. The lowest BCUT2D eigenvalue weighted by molar-refractivity contribution is 0.0929. The Morgan fingerprint density at radius 2 is 1.85 bits per heavy atom. The molecule has 1 N–H and O–H groups in total. The molecule has 0 saturated carbocycles. The minimum absolute atomic E-state index is 0.126. The second kappa shape index (κ2) is 10.6. The van der Waals surface area contributed by atoms with Crippen molar-refractivity contribution in [3.63, 3.8) is 0 Å². The number of ether oxygens (including phenoxy) is 3. The summed E-state index contributed by atoms with van der Waals surface area (Å²) in [5.41, 5.74) is 4.62. The summed E-state index contributed by atoms with van der Waals surface area (Å²) in [4.78, 5) is 12.5. The maximum atomic E-state index is 12.5. The Morgan fingerprint density at radius 1 is 1.09 bits per heavy atom. The molecular formula is C25H20BrClN2O5. The van der Waals surface area contributed by atoms with Crippen LogP contribution in [0, 0.1) is 0 Å². The first-order chi connectivity index (χ1) is 16.5. The van der Waals surface area contributed by atoms with Gasteiger partial charge in [0.15, 0.2) is 28.6 Å². The van der Waals surface area contributed by atoms with Gasteiger partial charge in [-0.05, 0) is 63.5 Å².